The first kappa shape index (κ1) is 80.8. The summed E-state index contributed by atoms with van der Waals surface area (Å²) in [6.07, 6.45) is 0. The van der Waals surface area contributed by atoms with Crippen LogP contribution in [0.4, 0.5) is 0 Å². The van der Waals surface area contributed by atoms with Gasteiger partial charge in [-0.2, -0.15) is 0 Å². The van der Waals surface area contributed by atoms with Gasteiger partial charge in [0, 0.05) is 0 Å². The molecule has 0 spiro atoms. The van der Waals surface area contributed by atoms with E-state index in [0.717, 1.165) is 0 Å². The van der Waals surface area contributed by atoms with E-state index in [1.807, 2.05) is 0 Å². The molecule has 0 amide bonds. The normalized spacial score (nSPS) is 0. The molecule has 0 radical (unpaired) electrons. The summed E-state index contributed by atoms with van der Waals surface area (Å²) in [5.74, 6) is 0. The Morgan fingerprint density at radius 1 is 0.222 bits per heavy atom. The van der Waals surface area contributed by atoms with Gasteiger partial charge in [-0.25, -0.2) is 0 Å². The molecule has 9 heavy (non-hydrogen) atoms. The third kappa shape index (κ3) is 55.5. The van der Waals surface area contributed by atoms with E-state index in [-0.39, 0.29) is 190 Å². The molecular weight excluding hydrogens is 210 g/mol. The van der Waals surface area contributed by atoms with Crippen LogP contribution in [0.5, 0.6) is 0 Å². The molecular formula is H18Mg8O. The average Bonchev–Trinajstić information content (AvgIpc) is 0. The van der Waals surface area contributed by atoms with Crippen molar-refractivity contribution in [2.75, 3.05) is 0 Å². The average molecular weight is 229 g/mol. The minimum atomic E-state index is 0. The molecule has 1 nitrogen and oxygen atoms in total. The van der Waals surface area contributed by atoms with Gasteiger partial charge in [0.1, 0.15) is 0 Å². The Hall–Kier alpha value is 6.09. The van der Waals surface area contributed by atoms with Crippen molar-refractivity contribution in [3.63, 3.8) is 0 Å². The quantitative estimate of drug-likeness (QED) is 0.369. The minimum absolute atomic E-state index is 0. The topological polar surface area (TPSA) is 31.5 Å². The molecule has 0 atom stereocenters. The highest BCUT2D eigenvalue weighted by Crippen LogP contribution is -0.289. The maximum atomic E-state index is 0. The first-order valence-electron chi connectivity index (χ1n) is 0. The summed E-state index contributed by atoms with van der Waals surface area (Å²) >= 11 is 0. The number of rotatable bonds is 0. The monoisotopic (exact) mass is 226 g/mol. The van der Waals surface area contributed by atoms with Gasteiger partial charge >= 0.3 is 184 Å². The van der Waals surface area contributed by atoms with Gasteiger partial charge in [0.05, 0.1) is 0 Å². The summed E-state index contributed by atoms with van der Waals surface area (Å²) in [6, 6.07) is 0. The van der Waals surface area contributed by atoms with Crippen LogP contribution in [0.3, 0.4) is 0 Å². The lowest BCUT2D eigenvalue weighted by atomic mass is 16.0. The molecule has 0 heterocycles. The summed E-state index contributed by atoms with van der Waals surface area (Å²) in [7, 11) is 0. The summed E-state index contributed by atoms with van der Waals surface area (Å²) in [6.45, 7) is 0. The van der Waals surface area contributed by atoms with Crippen molar-refractivity contribution in [2.24, 2.45) is 0 Å². The number of hydrogen-bond donors (Lipinski definition) is 0. The molecule has 0 aromatic heterocycles. The molecule has 0 fully saturated rings. The maximum absolute atomic E-state index is 0. The van der Waals surface area contributed by atoms with Gasteiger partial charge in [-0.1, -0.05) is 0 Å². The van der Waals surface area contributed by atoms with E-state index in [1.165, 1.54) is 0 Å². The zero-order valence-corrected chi connectivity index (χ0v) is 0.500. The second-order valence-electron chi connectivity index (χ2n) is 0. The fourth-order valence-corrected chi connectivity index (χ4v) is 0. The van der Waals surface area contributed by atoms with Gasteiger partial charge in [0.2, 0.25) is 0 Å². The Morgan fingerprint density at radius 2 is 0.222 bits per heavy atom. The summed E-state index contributed by atoms with van der Waals surface area (Å²) < 4.78 is 0. The number of hydrogen-bond acceptors (Lipinski definition) is 0. The zero-order valence-electron chi connectivity index (χ0n) is 0.500. The molecule has 0 unspecified atom stereocenters. The molecule has 0 bridgehead atoms. The summed E-state index contributed by atoms with van der Waals surface area (Å²) in [5.41, 5.74) is 0. The van der Waals surface area contributed by atoms with Gasteiger partial charge in [0.15, 0.2) is 0 Å². The van der Waals surface area contributed by atoms with Crippen LogP contribution in [0.2, 0.25) is 0 Å². The molecule has 9 heteroatoms. The molecule has 2 N–H and O–H groups in total. The van der Waals surface area contributed by atoms with E-state index in [4.69, 9.17) is 0 Å². The van der Waals surface area contributed by atoms with E-state index in [0.29, 0.717) is 0 Å². The lowest BCUT2D eigenvalue weighted by Crippen LogP contribution is -0.382. The van der Waals surface area contributed by atoms with Gasteiger partial charge in [-0.05, 0) is 0 Å². The largest absolute Gasteiger partial charge is 0.412 e. The smallest absolute Gasteiger partial charge is 0.316 e. The maximum Gasteiger partial charge on any atom is 0.316 e. The van der Waals surface area contributed by atoms with Crippen LogP contribution in [0.1, 0.15) is 0 Å². The molecule has 0 aliphatic carbocycles. The molecule has 40 valence electrons. The summed E-state index contributed by atoms with van der Waals surface area (Å²) in [5, 5.41) is 0. The lowest BCUT2D eigenvalue weighted by Gasteiger charge is -0.412. The Labute approximate surface area is 185 Å². The van der Waals surface area contributed by atoms with Crippen LogP contribution in [-0.4, -0.2) is 190 Å². The van der Waals surface area contributed by atoms with Crippen molar-refractivity contribution in [1.29, 1.82) is 0 Å². The standard InChI is InChI=1S/8Mg.H2O.16H/h;;;;;;;;1H2;;;;;;;;;;;;;;;;. The minimum Gasteiger partial charge on any atom is -0.412 e. The molecule has 0 saturated carbocycles. The van der Waals surface area contributed by atoms with Crippen LogP contribution < -0.4 is 0 Å². The second kappa shape index (κ2) is 65.1. The van der Waals surface area contributed by atoms with Gasteiger partial charge in [-0.15, -0.1) is 0 Å². The van der Waals surface area contributed by atoms with Gasteiger partial charge in [-0.3, -0.25) is 0 Å². The van der Waals surface area contributed by atoms with Crippen LogP contribution in [-0.2, 0) is 0 Å². The SMILES string of the molecule is O.[MgH2].[MgH2].[MgH2].[MgH2].[MgH2].[MgH2].[MgH2].[MgH2]. The van der Waals surface area contributed by atoms with E-state index in [1.54, 1.807) is 0 Å². The first-order chi connectivity index (χ1) is 0. The van der Waals surface area contributed by atoms with Crippen molar-refractivity contribution in [3.8, 4) is 0 Å². The van der Waals surface area contributed by atoms with Crippen molar-refractivity contribution < 1.29 is 5.48 Å². The lowest BCUT2D eigenvalue weighted by molar-refractivity contribution is 0.824. The van der Waals surface area contributed by atoms with E-state index in [9.17, 15) is 0 Å². The Balaban J connectivity index is 0. The first-order valence-corrected chi connectivity index (χ1v) is 0. The predicted octanol–water partition coefficient (Wildman–Crippen LogP) is -8.15. The highest BCUT2D eigenvalue weighted by Gasteiger charge is 0.323. The Bertz CT molecular complexity index is 4.53. The second-order valence-corrected chi connectivity index (χ2v) is 0. The van der Waals surface area contributed by atoms with Gasteiger partial charge in [0.25, 0.3) is 0 Å². The predicted molar refractivity (Wildman–Crippen MR) is 72.0 cm³/mol. The molecule has 0 aromatic carbocycles. The van der Waals surface area contributed by atoms with E-state index >= 15 is 0 Å². The van der Waals surface area contributed by atoms with Crippen LogP contribution in [0.25, 0.3) is 0 Å². The fraction of sp³-hybridized carbons (Fsp3) is 0. The van der Waals surface area contributed by atoms with Crippen molar-refractivity contribution in [3.05, 3.63) is 0 Å². The van der Waals surface area contributed by atoms with Crippen LogP contribution in [0, 0.1) is 0 Å². The highest BCUT2D eigenvalue weighted by atomic mass is 24.3. The molecule has 0 aromatic rings. The third-order valence-electron chi connectivity index (χ3n) is 0. The van der Waals surface area contributed by atoms with Crippen LogP contribution >= 0.6 is 0 Å². The van der Waals surface area contributed by atoms with Crippen molar-refractivity contribution in [1.82, 2.24) is 0 Å². The Kier molecular flexibility index (Phi) is 584. The van der Waals surface area contributed by atoms with Crippen LogP contribution in [0.15, 0.2) is 0 Å². The molecule has 0 aliphatic heterocycles. The molecule has 0 rings (SSSR count). The Morgan fingerprint density at radius 3 is 0.222 bits per heavy atom. The molecule has 0 saturated heterocycles. The van der Waals surface area contributed by atoms with Crippen molar-refractivity contribution in [2.45, 2.75) is 0 Å². The van der Waals surface area contributed by atoms with Gasteiger partial charge < -0.3 is 5.48 Å². The summed E-state index contributed by atoms with van der Waals surface area (Å²) in [4.78, 5) is 0. The molecule has 0 aliphatic rings. The van der Waals surface area contributed by atoms with Crippen molar-refractivity contribution >= 4 is 184 Å². The van der Waals surface area contributed by atoms with E-state index < -0.39 is 0 Å². The van der Waals surface area contributed by atoms with E-state index in [2.05, 4.69) is 0 Å². The third-order valence-corrected chi connectivity index (χ3v) is 0. The zero-order chi connectivity index (χ0) is 0. The fourth-order valence-electron chi connectivity index (χ4n) is 0. The highest BCUT2D eigenvalue weighted by molar-refractivity contribution is 5.76.